The van der Waals surface area contributed by atoms with Crippen LogP contribution in [0.3, 0.4) is 0 Å². The molecule has 0 radical (unpaired) electrons. The van der Waals surface area contributed by atoms with Crippen molar-refractivity contribution in [1.29, 1.82) is 0 Å². The summed E-state index contributed by atoms with van der Waals surface area (Å²) in [5, 5.41) is 9.81. The Hall–Kier alpha value is -2.34. The summed E-state index contributed by atoms with van der Waals surface area (Å²) >= 11 is 0. The molecule has 1 aromatic rings. The van der Waals surface area contributed by atoms with Crippen molar-refractivity contribution < 1.29 is 24.2 Å². The van der Waals surface area contributed by atoms with Crippen LogP contribution in [0.25, 0.3) is 6.08 Å². The zero-order chi connectivity index (χ0) is 24.7. The van der Waals surface area contributed by atoms with Crippen LogP contribution < -0.4 is 4.74 Å². The summed E-state index contributed by atoms with van der Waals surface area (Å²) in [6.07, 6.45) is 11.6. The number of phenols is 1. The minimum atomic E-state index is -0.309. The van der Waals surface area contributed by atoms with E-state index in [1.165, 1.54) is 32.4 Å². The van der Waals surface area contributed by atoms with E-state index in [1.54, 1.807) is 31.2 Å². The highest BCUT2D eigenvalue weighted by Gasteiger charge is 2.64. The summed E-state index contributed by atoms with van der Waals surface area (Å²) in [6.45, 7) is 5.17. The Labute approximate surface area is 208 Å². The first-order chi connectivity index (χ1) is 16.8. The topological polar surface area (TPSA) is 76.1 Å². The number of phenolic OH excluding ortho intramolecular Hbond substituents is 1. The van der Waals surface area contributed by atoms with Gasteiger partial charge in [-0.25, -0.2) is 4.79 Å². The highest BCUT2D eigenvalue weighted by atomic mass is 16.5. The summed E-state index contributed by atoms with van der Waals surface area (Å²) < 4.78 is 11.4. The molecule has 4 aliphatic rings. The Bertz CT molecular complexity index is 1000. The lowest BCUT2D eigenvalue weighted by molar-refractivity contribution is -0.218. The Morgan fingerprint density at radius 2 is 2.03 bits per heavy atom. The average molecular weight is 482 g/mol. The van der Waals surface area contributed by atoms with Crippen molar-refractivity contribution in [2.24, 2.45) is 23.7 Å². The van der Waals surface area contributed by atoms with Gasteiger partial charge in [0, 0.05) is 30.0 Å². The predicted octanol–water partition coefficient (Wildman–Crippen LogP) is 4.98. The van der Waals surface area contributed by atoms with Gasteiger partial charge >= 0.3 is 5.97 Å². The van der Waals surface area contributed by atoms with Gasteiger partial charge in [-0.05, 0) is 99.9 Å². The monoisotopic (exact) mass is 481 g/mol. The molecule has 7 atom stereocenters. The summed E-state index contributed by atoms with van der Waals surface area (Å²) in [7, 11) is 1.50. The van der Waals surface area contributed by atoms with Crippen molar-refractivity contribution in [2.75, 3.05) is 13.7 Å². The molecule has 0 amide bonds. The first-order valence-corrected chi connectivity index (χ1v) is 13.3. The van der Waals surface area contributed by atoms with Gasteiger partial charge in [-0.15, -0.1) is 0 Å². The molecule has 5 rings (SSSR count). The van der Waals surface area contributed by atoms with E-state index in [0.29, 0.717) is 41.9 Å². The van der Waals surface area contributed by atoms with Crippen LogP contribution in [-0.2, 0) is 14.3 Å². The fourth-order valence-corrected chi connectivity index (χ4v) is 8.38. The van der Waals surface area contributed by atoms with Crippen molar-refractivity contribution in [3.8, 4) is 11.5 Å². The summed E-state index contributed by atoms with van der Waals surface area (Å²) in [5.41, 5.74) is 0.837. The maximum absolute atomic E-state index is 13.0. The fourth-order valence-electron chi connectivity index (χ4n) is 8.38. The minimum absolute atomic E-state index is 0.0657. The van der Waals surface area contributed by atoms with E-state index in [0.717, 1.165) is 37.8 Å². The van der Waals surface area contributed by atoms with Crippen LogP contribution in [0.2, 0.25) is 0 Å². The van der Waals surface area contributed by atoms with Crippen LogP contribution in [0.5, 0.6) is 11.5 Å². The molecule has 0 aromatic heterocycles. The molecule has 2 aliphatic carbocycles. The molecule has 2 saturated heterocycles. The van der Waals surface area contributed by atoms with Gasteiger partial charge in [0.1, 0.15) is 11.9 Å². The molecule has 4 fully saturated rings. The molecular weight excluding hydrogens is 442 g/mol. The van der Waals surface area contributed by atoms with E-state index in [9.17, 15) is 14.7 Å². The van der Waals surface area contributed by atoms with E-state index < -0.39 is 0 Å². The van der Waals surface area contributed by atoms with Gasteiger partial charge in [-0.1, -0.05) is 13.0 Å². The second kappa shape index (κ2) is 9.61. The van der Waals surface area contributed by atoms with Crippen LogP contribution in [0.1, 0.15) is 70.8 Å². The van der Waals surface area contributed by atoms with E-state index in [-0.39, 0.29) is 29.1 Å². The Morgan fingerprint density at radius 3 is 2.80 bits per heavy atom. The fraction of sp³-hybridized carbons (Fsp3) is 0.655. The molecule has 2 bridgehead atoms. The van der Waals surface area contributed by atoms with Crippen LogP contribution >= 0.6 is 0 Å². The molecule has 190 valence electrons. The molecule has 2 heterocycles. The summed E-state index contributed by atoms with van der Waals surface area (Å²) in [6, 6.07) is 5.33. The lowest BCUT2D eigenvalue weighted by atomic mass is 9.47. The number of hydrogen-bond donors (Lipinski definition) is 1. The van der Waals surface area contributed by atoms with Crippen molar-refractivity contribution in [1.82, 2.24) is 4.90 Å². The number of carbonyl (C=O) groups excluding carboxylic acids is 2. The third kappa shape index (κ3) is 4.39. The second-order valence-electron chi connectivity index (χ2n) is 11.5. The van der Waals surface area contributed by atoms with Crippen molar-refractivity contribution in [3.63, 3.8) is 0 Å². The number of piperidine rings is 2. The van der Waals surface area contributed by atoms with Crippen LogP contribution in [0, 0.1) is 23.7 Å². The molecule has 1 aromatic carbocycles. The molecule has 2 saturated carbocycles. The SMILES string of the molecule is COc1cc(/C=C/C(=O)O[C@@H]2C[C@H]3C[C@H](C)C[C@@]45[C@@H]3CCCN4[C@@H](CC(C)=O)CC[C@H]25)ccc1O. The van der Waals surface area contributed by atoms with Crippen LogP contribution in [0.4, 0.5) is 0 Å². The zero-order valence-electron chi connectivity index (χ0n) is 21.2. The van der Waals surface area contributed by atoms with Gasteiger partial charge in [0.15, 0.2) is 11.5 Å². The number of aromatic hydroxyl groups is 1. The normalized spacial score (nSPS) is 36.4. The molecule has 2 aliphatic heterocycles. The van der Waals surface area contributed by atoms with Crippen molar-refractivity contribution >= 4 is 17.8 Å². The number of rotatable bonds is 6. The number of Topliss-reactive ketones (excluding diaryl/α,β-unsaturated/α-hetero) is 1. The Morgan fingerprint density at radius 1 is 1.20 bits per heavy atom. The number of nitrogens with zero attached hydrogens (tertiary/aromatic N) is 1. The Kier molecular flexibility index (Phi) is 6.69. The molecule has 6 nitrogen and oxygen atoms in total. The predicted molar refractivity (Wildman–Crippen MR) is 134 cm³/mol. The van der Waals surface area contributed by atoms with Gasteiger partial charge in [-0.2, -0.15) is 0 Å². The largest absolute Gasteiger partial charge is 0.504 e. The van der Waals surface area contributed by atoms with Gasteiger partial charge in [0.2, 0.25) is 0 Å². The standard InChI is InChI=1S/C29H39NO5/c1-18-13-21-16-26(35-28(33)11-7-20-6-10-25(32)27(15-20)34-3)24-9-8-22(14-19(2)31)30-12-4-5-23(21)29(24,30)17-18/h6-7,10-11,15,18,21-24,26,32H,4-5,8-9,12-14,16-17H2,1-3H3/b11-7+/t18-,21+,22+,23+,24+,26+,29-/m0/s1. The quantitative estimate of drug-likeness (QED) is 0.456. The number of benzene rings is 1. The molecular formula is C29H39NO5. The van der Waals surface area contributed by atoms with Gasteiger partial charge in [-0.3, -0.25) is 9.69 Å². The van der Waals surface area contributed by atoms with Crippen LogP contribution in [0.15, 0.2) is 24.3 Å². The lowest BCUT2D eigenvalue weighted by Crippen LogP contribution is -2.74. The van der Waals surface area contributed by atoms with E-state index >= 15 is 0 Å². The maximum Gasteiger partial charge on any atom is 0.331 e. The van der Waals surface area contributed by atoms with Gasteiger partial charge in [0.25, 0.3) is 0 Å². The van der Waals surface area contributed by atoms with Crippen LogP contribution in [-0.4, -0.2) is 53.1 Å². The smallest absolute Gasteiger partial charge is 0.331 e. The molecule has 1 spiro atoms. The van der Waals surface area contributed by atoms with Gasteiger partial charge in [0.05, 0.1) is 7.11 Å². The van der Waals surface area contributed by atoms with E-state index in [1.807, 2.05) is 0 Å². The minimum Gasteiger partial charge on any atom is -0.504 e. The van der Waals surface area contributed by atoms with Crippen molar-refractivity contribution in [2.45, 2.75) is 82.9 Å². The highest BCUT2D eigenvalue weighted by molar-refractivity contribution is 5.87. The maximum atomic E-state index is 13.0. The number of methoxy groups -OCH3 is 1. The van der Waals surface area contributed by atoms with E-state index in [4.69, 9.17) is 9.47 Å². The van der Waals surface area contributed by atoms with E-state index in [2.05, 4.69) is 11.8 Å². The molecule has 0 unspecified atom stereocenters. The number of carbonyl (C=O) groups is 2. The third-order valence-electron chi connectivity index (χ3n) is 9.32. The molecule has 1 N–H and O–H groups in total. The number of ether oxygens (including phenoxy) is 2. The molecule has 6 heteroatoms. The Balaban J connectivity index is 1.38. The van der Waals surface area contributed by atoms with Gasteiger partial charge < -0.3 is 14.6 Å². The zero-order valence-corrected chi connectivity index (χ0v) is 21.2. The first kappa shape index (κ1) is 24.4. The highest BCUT2D eigenvalue weighted by Crippen LogP contribution is 2.62. The summed E-state index contributed by atoms with van der Waals surface area (Å²) in [4.78, 5) is 27.8. The average Bonchev–Trinajstić information content (AvgIpc) is 2.81. The first-order valence-electron chi connectivity index (χ1n) is 13.3. The molecule has 35 heavy (non-hydrogen) atoms. The number of hydrogen-bond acceptors (Lipinski definition) is 6. The number of ketones is 1. The summed E-state index contributed by atoms with van der Waals surface area (Å²) in [5.74, 6) is 2.65. The number of esters is 1. The third-order valence-corrected chi connectivity index (χ3v) is 9.32. The van der Waals surface area contributed by atoms with Crippen molar-refractivity contribution in [3.05, 3.63) is 29.8 Å². The lowest BCUT2D eigenvalue weighted by Gasteiger charge is -2.69. The second-order valence-corrected chi connectivity index (χ2v) is 11.5.